The predicted molar refractivity (Wildman–Crippen MR) is 50.3 cm³/mol. The highest BCUT2D eigenvalue weighted by molar-refractivity contribution is 8.77. The van der Waals surface area contributed by atoms with Crippen molar-refractivity contribution in [1.29, 1.82) is 0 Å². The van der Waals surface area contributed by atoms with E-state index in [1.807, 2.05) is 0 Å². The molecule has 0 aliphatic carbocycles. The highest BCUT2D eigenvalue weighted by Crippen LogP contribution is 2.31. The van der Waals surface area contributed by atoms with E-state index in [2.05, 4.69) is 9.98 Å². The number of nitrogens with zero attached hydrogens (tertiary/aromatic N) is 2. The first kappa shape index (κ1) is 11.5. The molecule has 0 heterocycles. The van der Waals surface area contributed by atoms with Crippen LogP contribution in [0.25, 0.3) is 0 Å². The number of aliphatic imine (C=N–C) groups is 2. The van der Waals surface area contributed by atoms with Crippen molar-refractivity contribution >= 4 is 33.7 Å². The van der Waals surface area contributed by atoms with Crippen molar-refractivity contribution in [2.75, 3.05) is 0 Å². The Morgan fingerprint density at radius 1 is 1.00 bits per heavy atom. The lowest BCUT2D eigenvalue weighted by Crippen LogP contribution is -1.91. The van der Waals surface area contributed by atoms with Crippen LogP contribution in [0.15, 0.2) is 9.98 Å². The molecule has 0 saturated heterocycles. The second kappa shape index (κ2) is 7.13. The lowest BCUT2D eigenvalue weighted by atomic mass is 10.8. The van der Waals surface area contributed by atoms with Gasteiger partial charge in [0.1, 0.15) is 10.7 Å². The van der Waals surface area contributed by atoms with E-state index >= 15 is 0 Å². The van der Waals surface area contributed by atoms with Gasteiger partial charge in [0, 0.05) is 0 Å². The van der Waals surface area contributed by atoms with E-state index in [1.165, 1.54) is 33.7 Å². The summed E-state index contributed by atoms with van der Waals surface area (Å²) < 4.78 is 0. The fourth-order valence-electron chi connectivity index (χ4n) is 0.352. The van der Waals surface area contributed by atoms with Crippen molar-refractivity contribution in [2.24, 2.45) is 9.98 Å². The second-order valence-corrected chi connectivity index (χ2v) is 4.74. The minimum Gasteiger partial charge on any atom is -0.211 e. The maximum atomic E-state index is 9.79. The van der Waals surface area contributed by atoms with Crippen molar-refractivity contribution in [3.63, 3.8) is 0 Å². The molecule has 0 aromatic heterocycles. The van der Waals surface area contributed by atoms with Crippen LogP contribution in [0.1, 0.15) is 13.8 Å². The molecular formula is C6H8N2O2S2. The summed E-state index contributed by atoms with van der Waals surface area (Å²) in [5.41, 5.74) is 0. The van der Waals surface area contributed by atoms with Gasteiger partial charge in [-0.05, 0) is 13.8 Å². The van der Waals surface area contributed by atoms with Crippen LogP contribution >= 0.6 is 21.6 Å². The Morgan fingerprint density at radius 3 is 1.58 bits per heavy atom. The third-order valence-electron chi connectivity index (χ3n) is 0.803. The Kier molecular flexibility index (Phi) is 6.81. The van der Waals surface area contributed by atoms with E-state index in [4.69, 9.17) is 0 Å². The molecule has 0 radical (unpaired) electrons. The van der Waals surface area contributed by atoms with Crippen LogP contribution in [0.4, 0.5) is 0 Å². The maximum absolute atomic E-state index is 9.79. The normalized spacial score (nSPS) is 13.8. The van der Waals surface area contributed by atoms with Gasteiger partial charge >= 0.3 is 0 Å². The molecule has 0 aromatic rings. The summed E-state index contributed by atoms with van der Waals surface area (Å²) in [6.07, 6.45) is 2.91. The van der Waals surface area contributed by atoms with Crippen molar-refractivity contribution in [1.82, 2.24) is 0 Å². The topological polar surface area (TPSA) is 58.9 Å². The van der Waals surface area contributed by atoms with Gasteiger partial charge in [-0.1, -0.05) is 21.6 Å². The van der Waals surface area contributed by atoms with Gasteiger partial charge < -0.3 is 0 Å². The molecule has 0 aliphatic heterocycles. The Morgan fingerprint density at radius 2 is 1.33 bits per heavy atom. The molecule has 0 bridgehead atoms. The number of carbonyl (C=O) groups excluding carboxylic acids is 2. The molecule has 0 saturated carbocycles. The van der Waals surface area contributed by atoms with E-state index < -0.39 is 0 Å². The maximum Gasteiger partial charge on any atom is 0.236 e. The summed E-state index contributed by atoms with van der Waals surface area (Å²) in [4.78, 5) is 26.5. The molecule has 0 amide bonds. The molecule has 6 heteroatoms. The fraction of sp³-hybridized carbons (Fsp3) is 0.667. The first-order valence-electron chi connectivity index (χ1n) is 3.16. The average molecular weight is 204 g/mol. The summed E-state index contributed by atoms with van der Waals surface area (Å²) in [5, 5.41) is -0.311. The Bertz CT molecular complexity index is 198. The second-order valence-electron chi connectivity index (χ2n) is 1.83. The monoisotopic (exact) mass is 204 g/mol. The van der Waals surface area contributed by atoms with Crippen LogP contribution in [-0.2, 0) is 9.59 Å². The molecule has 2 unspecified atom stereocenters. The first-order chi connectivity index (χ1) is 5.70. The van der Waals surface area contributed by atoms with Crippen molar-refractivity contribution < 1.29 is 9.59 Å². The quantitative estimate of drug-likeness (QED) is 0.389. The molecule has 0 aromatic carbocycles. The molecule has 0 N–H and O–H groups in total. The van der Waals surface area contributed by atoms with E-state index in [0.717, 1.165) is 0 Å². The zero-order valence-electron chi connectivity index (χ0n) is 6.68. The molecule has 0 fully saturated rings. The molecule has 2 atom stereocenters. The van der Waals surface area contributed by atoms with Crippen LogP contribution < -0.4 is 0 Å². The van der Waals surface area contributed by atoms with E-state index in [0.29, 0.717) is 0 Å². The van der Waals surface area contributed by atoms with Gasteiger partial charge in [-0.25, -0.2) is 9.59 Å². The first-order valence-corrected chi connectivity index (χ1v) is 5.44. The molecule has 0 spiro atoms. The van der Waals surface area contributed by atoms with Gasteiger partial charge in [-0.3, -0.25) is 0 Å². The summed E-state index contributed by atoms with van der Waals surface area (Å²) in [7, 11) is 2.73. The number of rotatable bonds is 5. The van der Waals surface area contributed by atoms with Gasteiger partial charge in [0.2, 0.25) is 12.2 Å². The molecule has 0 rings (SSSR count). The minimum atomic E-state index is -0.156. The van der Waals surface area contributed by atoms with Crippen LogP contribution in [0.2, 0.25) is 0 Å². The van der Waals surface area contributed by atoms with Crippen LogP contribution in [0, 0.1) is 0 Å². The average Bonchev–Trinajstić information content (AvgIpc) is 2.02. The lowest BCUT2D eigenvalue weighted by molar-refractivity contribution is 0.562. The summed E-state index contributed by atoms with van der Waals surface area (Å²) in [6.45, 7) is 3.53. The Labute approximate surface area is 78.3 Å². The number of hydrogen-bond acceptors (Lipinski definition) is 6. The molecular weight excluding hydrogens is 196 g/mol. The van der Waals surface area contributed by atoms with Gasteiger partial charge in [0.25, 0.3) is 0 Å². The van der Waals surface area contributed by atoms with E-state index in [9.17, 15) is 9.59 Å². The zero-order chi connectivity index (χ0) is 9.40. The van der Waals surface area contributed by atoms with Crippen molar-refractivity contribution in [3.8, 4) is 0 Å². The number of hydrogen-bond donors (Lipinski definition) is 0. The third kappa shape index (κ3) is 6.19. The SMILES string of the molecule is CC(N=C=O)SSC(C)N=C=O. The van der Waals surface area contributed by atoms with Gasteiger partial charge in [-0.15, -0.1) is 0 Å². The Balaban J connectivity index is 3.66. The predicted octanol–water partition coefficient (Wildman–Crippen LogP) is 1.73. The minimum absolute atomic E-state index is 0.156. The largest absolute Gasteiger partial charge is 0.236 e. The van der Waals surface area contributed by atoms with E-state index in [-0.39, 0.29) is 10.7 Å². The number of isocyanates is 2. The van der Waals surface area contributed by atoms with Gasteiger partial charge in [0.05, 0.1) is 0 Å². The molecule has 4 nitrogen and oxygen atoms in total. The van der Waals surface area contributed by atoms with Gasteiger partial charge in [-0.2, -0.15) is 9.98 Å². The summed E-state index contributed by atoms with van der Waals surface area (Å²) in [5.74, 6) is 0. The highest BCUT2D eigenvalue weighted by Gasteiger charge is 2.04. The molecule has 12 heavy (non-hydrogen) atoms. The van der Waals surface area contributed by atoms with Crippen molar-refractivity contribution in [2.45, 2.75) is 24.6 Å². The standard InChI is InChI=1S/C6H8N2O2S2/c1-5(7-3-9)11-12-6(2)8-4-10/h5-6H,1-2H3. The van der Waals surface area contributed by atoms with Gasteiger partial charge in [0.15, 0.2) is 0 Å². The van der Waals surface area contributed by atoms with Crippen LogP contribution in [0.5, 0.6) is 0 Å². The third-order valence-corrected chi connectivity index (χ3v) is 3.69. The van der Waals surface area contributed by atoms with Crippen LogP contribution in [0.3, 0.4) is 0 Å². The van der Waals surface area contributed by atoms with E-state index in [1.54, 1.807) is 13.8 Å². The van der Waals surface area contributed by atoms with Crippen molar-refractivity contribution in [3.05, 3.63) is 0 Å². The molecule has 66 valence electrons. The molecule has 0 aliphatic rings. The summed E-state index contributed by atoms with van der Waals surface area (Å²) >= 11 is 0. The zero-order valence-corrected chi connectivity index (χ0v) is 8.32. The Hall–Kier alpha value is -0.540. The smallest absolute Gasteiger partial charge is 0.211 e. The van der Waals surface area contributed by atoms with Crippen LogP contribution in [-0.4, -0.2) is 22.9 Å². The lowest BCUT2D eigenvalue weighted by Gasteiger charge is -2.04. The highest BCUT2D eigenvalue weighted by atomic mass is 33.1. The summed E-state index contributed by atoms with van der Waals surface area (Å²) in [6, 6.07) is 0. The fourth-order valence-corrected chi connectivity index (χ4v) is 2.07.